The van der Waals surface area contributed by atoms with E-state index in [1.807, 2.05) is 0 Å². The largest absolute Gasteiger partial charge is 0.354 e. The zero-order valence-corrected chi connectivity index (χ0v) is 14.8. The lowest BCUT2D eigenvalue weighted by Gasteiger charge is -2.35. The Morgan fingerprint density at radius 3 is 2.38 bits per heavy atom. The fraction of sp³-hybridized carbons (Fsp3) is 0.615. The second kappa shape index (κ2) is 7.04. The minimum Gasteiger partial charge on any atom is -0.354 e. The van der Waals surface area contributed by atoms with E-state index in [1.165, 1.54) is 24.6 Å². The topological polar surface area (TPSA) is 56.8 Å². The quantitative estimate of drug-likeness (QED) is 0.713. The van der Waals surface area contributed by atoms with Crippen molar-refractivity contribution in [2.75, 3.05) is 57.0 Å². The number of aromatic nitrogens is 1. The summed E-state index contributed by atoms with van der Waals surface area (Å²) >= 11 is 3.45. The van der Waals surface area contributed by atoms with Crippen LogP contribution >= 0.6 is 15.9 Å². The molecule has 118 valence electrons. The van der Waals surface area contributed by atoms with Crippen LogP contribution in [0.1, 0.15) is 0 Å². The van der Waals surface area contributed by atoms with Gasteiger partial charge in [-0.25, -0.2) is 17.7 Å². The SMILES string of the molecule is CN(C)S(=O)(=O)c1ccc(N2CCN(CCBr)CC2)nc1. The lowest BCUT2D eigenvalue weighted by molar-refractivity contribution is 0.273. The smallest absolute Gasteiger partial charge is 0.244 e. The Balaban J connectivity index is 2.04. The van der Waals surface area contributed by atoms with Crippen LogP contribution in [-0.2, 0) is 10.0 Å². The van der Waals surface area contributed by atoms with E-state index in [1.54, 1.807) is 12.1 Å². The predicted molar refractivity (Wildman–Crippen MR) is 87.6 cm³/mol. The summed E-state index contributed by atoms with van der Waals surface area (Å²) in [6.07, 6.45) is 1.44. The van der Waals surface area contributed by atoms with Gasteiger partial charge < -0.3 is 4.90 Å². The van der Waals surface area contributed by atoms with Gasteiger partial charge in [0.1, 0.15) is 10.7 Å². The van der Waals surface area contributed by atoms with E-state index < -0.39 is 10.0 Å². The van der Waals surface area contributed by atoms with Crippen LogP contribution in [0, 0.1) is 0 Å². The summed E-state index contributed by atoms with van der Waals surface area (Å²) in [6, 6.07) is 3.42. The molecule has 0 radical (unpaired) electrons. The van der Waals surface area contributed by atoms with Crippen molar-refractivity contribution in [3.8, 4) is 0 Å². The third kappa shape index (κ3) is 3.94. The Hall–Kier alpha value is -0.700. The number of hydrogen-bond donors (Lipinski definition) is 0. The van der Waals surface area contributed by atoms with E-state index in [0.717, 1.165) is 43.9 Å². The first kappa shape index (κ1) is 16.7. The van der Waals surface area contributed by atoms with E-state index in [2.05, 4.69) is 30.7 Å². The van der Waals surface area contributed by atoms with Crippen LogP contribution in [0.15, 0.2) is 23.2 Å². The minimum atomic E-state index is -3.40. The molecule has 1 aromatic rings. The predicted octanol–water partition coefficient (Wildman–Crippen LogP) is 0.849. The molecule has 0 aliphatic carbocycles. The van der Waals surface area contributed by atoms with Crippen LogP contribution in [0.4, 0.5) is 5.82 Å². The lowest BCUT2D eigenvalue weighted by Crippen LogP contribution is -2.47. The second-order valence-electron chi connectivity index (χ2n) is 5.16. The van der Waals surface area contributed by atoms with Crippen molar-refractivity contribution in [3.63, 3.8) is 0 Å². The number of halogens is 1. The molecule has 0 N–H and O–H groups in total. The van der Waals surface area contributed by atoms with Gasteiger partial charge in [0.15, 0.2) is 0 Å². The summed E-state index contributed by atoms with van der Waals surface area (Å²) in [5, 5.41) is 0.988. The fourth-order valence-electron chi connectivity index (χ4n) is 2.24. The molecule has 0 spiro atoms. The highest BCUT2D eigenvalue weighted by atomic mass is 79.9. The molecular weight excluding hydrogens is 356 g/mol. The van der Waals surface area contributed by atoms with Crippen molar-refractivity contribution in [3.05, 3.63) is 18.3 Å². The molecule has 0 saturated carbocycles. The third-order valence-corrected chi connectivity index (χ3v) is 5.75. The maximum Gasteiger partial charge on any atom is 0.244 e. The van der Waals surface area contributed by atoms with Crippen LogP contribution in [-0.4, -0.2) is 74.8 Å². The van der Waals surface area contributed by atoms with Gasteiger partial charge in [-0.05, 0) is 12.1 Å². The van der Waals surface area contributed by atoms with E-state index in [9.17, 15) is 8.42 Å². The number of nitrogens with zero attached hydrogens (tertiary/aromatic N) is 4. The number of pyridine rings is 1. The second-order valence-corrected chi connectivity index (χ2v) is 8.10. The molecule has 6 nitrogen and oxygen atoms in total. The van der Waals surface area contributed by atoms with E-state index >= 15 is 0 Å². The van der Waals surface area contributed by atoms with E-state index in [4.69, 9.17) is 0 Å². The van der Waals surface area contributed by atoms with Gasteiger partial charge in [0, 0.05) is 58.3 Å². The zero-order valence-electron chi connectivity index (χ0n) is 12.4. The Kier molecular flexibility index (Phi) is 5.59. The average molecular weight is 377 g/mol. The molecule has 1 aromatic heterocycles. The molecule has 0 aromatic carbocycles. The van der Waals surface area contributed by atoms with Crippen molar-refractivity contribution in [1.29, 1.82) is 0 Å². The summed E-state index contributed by atoms with van der Waals surface area (Å²) in [7, 11) is -0.361. The van der Waals surface area contributed by atoms with Crippen LogP contribution in [0.3, 0.4) is 0 Å². The monoisotopic (exact) mass is 376 g/mol. The molecule has 0 atom stereocenters. The number of hydrogen-bond acceptors (Lipinski definition) is 5. The first-order chi connectivity index (χ1) is 9.95. The lowest BCUT2D eigenvalue weighted by atomic mass is 10.3. The van der Waals surface area contributed by atoms with E-state index in [0.29, 0.717) is 0 Å². The molecule has 1 saturated heterocycles. The van der Waals surface area contributed by atoms with E-state index in [-0.39, 0.29) is 4.90 Å². The standard InChI is InChI=1S/C13H21BrN4O2S/c1-16(2)21(19,20)12-3-4-13(15-11-12)18-9-7-17(6-5-14)8-10-18/h3-4,11H,5-10H2,1-2H3. The van der Waals surface area contributed by atoms with Crippen LogP contribution in [0.25, 0.3) is 0 Å². The fourth-order valence-corrected chi connectivity index (χ4v) is 3.59. The van der Waals surface area contributed by atoms with Crippen molar-refractivity contribution in [2.24, 2.45) is 0 Å². The minimum absolute atomic E-state index is 0.231. The van der Waals surface area contributed by atoms with Crippen molar-refractivity contribution < 1.29 is 8.42 Å². The van der Waals surface area contributed by atoms with Crippen LogP contribution in [0.2, 0.25) is 0 Å². The Morgan fingerprint density at radius 2 is 1.90 bits per heavy atom. The van der Waals surface area contributed by atoms with Crippen molar-refractivity contribution in [1.82, 2.24) is 14.2 Å². The number of sulfonamides is 1. The highest BCUT2D eigenvalue weighted by Gasteiger charge is 2.20. The maximum absolute atomic E-state index is 12.0. The molecule has 21 heavy (non-hydrogen) atoms. The number of anilines is 1. The molecule has 8 heteroatoms. The molecule has 0 bridgehead atoms. The van der Waals surface area contributed by atoms with Crippen molar-refractivity contribution >= 4 is 31.8 Å². The molecular formula is C13H21BrN4O2S. The van der Waals surface area contributed by atoms with Gasteiger partial charge in [0.25, 0.3) is 0 Å². The van der Waals surface area contributed by atoms with Gasteiger partial charge >= 0.3 is 0 Å². The summed E-state index contributed by atoms with van der Waals surface area (Å²) in [4.78, 5) is 9.14. The molecule has 2 rings (SSSR count). The van der Waals surface area contributed by atoms with Gasteiger partial charge in [-0.2, -0.15) is 0 Å². The first-order valence-electron chi connectivity index (χ1n) is 6.87. The molecule has 0 unspecified atom stereocenters. The molecule has 1 fully saturated rings. The third-order valence-electron chi connectivity index (χ3n) is 3.60. The number of alkyl halides is 1. The molecule has 1 aliphatic heterocycles. The Morgan fingerprint density at radius 1 is 1.24 bits per heavy atom. The van der Waals surface area contributed by atoms with Crippen molar-refractivity contribution in [2.45, 2.75) is 4.90 Å². The average Bonchev–Trinajstić information content (AvgIpc) is 2.48. The maximum atomic E-state index is 12.0. The number of rotatable bonds is 5. The zero-order chi connectivity index (χ0) is 15.5. The van der Waals surface area contributed by atoms with Crippen LogP contribution < -0.4 is 4.90 Å². The van der Waals surface area contributed by atoms with Gasteiger partial charge in [0.2, 0.25) is 10.0 Å². The van der Waals surface area contributed by atoms with Crippen LogP contribution in [0.5, 0.6) is 0 Å². The normalized spacial score (nSPS) is 17.4. The summed E-state index contributed by atoms with van der Waals surface area (Å²) < 4.78 is 25.2. The van der Waals surface area contributed by atoms with Gasteiger partial charge in [0.05, 0.1) is 0 Å². The van der Waals surface area contributed by atoms with Gasteiger partial charge in [-0.15, -0.1) is 0 Å². The van der Waals surface area contributed by atoms with Gasteiger partial charge in [-0.1, -0.05) is 15.9 Å². The summed E-state index contributed by atoms with van der Waals surface area (Å²) in [5.41, 5.74) is 0. The Labute approximate surface area is 134 Å². The molecule has 1 aliphatic rings. The summed E-state index contributed by atoms with van der Waals surface area (Å²) in [5.74, 6) is 0.839. The summed E-state index contributed by atoms with van der Waals surface area (Å²) in [6.45, 7) is 4.90. The number of piperazine rings is 1. The molecule has 0 amide bonds. The first-order valence-corrected chi connectivity index (χ1v) is 9.43. The highest BCUT2D eigenvalue weighted by Crippen LogP contribution is 2.18. The van der Waals surface area contributed by atoms with Gasteiger partial charge in [-0.3, -0.25) is 4.90 Å². The highest BCUT2D eigenvalue weighted by molar-refractivity contribution is 9.09. The Bertz CT molecular complexity index is 554. The molecule has 2 heterocycles.